The Bertz CT molecular complexity index is 1330. The highest BCUT2D eigenvalue weighted by Crippen LogP contribution is 2.23. The van der Waals surface area contributed by atoms with E-state index in [2.05, 4.69) is 70.5 Å². The number of para-hydroxylation sites is 2. The lowest BCUT2D eigenvalue weighted by atomic mass is 10.0. The number of hydrogen-bond donors (Lipinski definition) is 1. The molecule has 0 spiro atoms. The van der Waals surface area contributed by atoms with E-state index >= 15 is 0 Å². The molecule has 3 aromatic carbocycles. The second-order valence-electron chi connectivity index (χ2n) is 7.58. The number of aryl methyl sites for hydroxylation is 1. The molecule has 4 nitrogen and oxygen atoms in total. The zero-order chi connectivity index (χ0) is 21.0. The first-order valence-electron chi connectivity index (χ1n) is 10.5. The second kappa shape index (κ2) is 8.74. The van der Waals surface area contributed by atoms with Crippen molar-refractivity contribution in [2.24, 2.45) is 0 Å². The monoisotopic (exact) mass is 425 g/mol. The molecule has 1 N–H and O–H groups in total. The lowest BCUT2D eigenvalue weighted by molar-refractivity contribution is 0.0957. The summed E-state index contributed by atoms with van der Waals surface area (Å²) in [5.41, 5.74) is 3.45. The molecule has 1 amide bonds. The summed E-state index contributed by atoms with van der Waals surface area (Å²) in [4.78, 5) is 17.8. The number of carbonyl (C=O) groups excluding carboxylic acids is 1. The molecule has 2 heterocycles. The maximum absolute atomic E-state index is 12.2. The van der Waals surface area contributed by atoms with Crippen LogP contribution in [0.3, 0.4) is 0 Å². The van der Waals surface area contributed by atoms with Crippen molar-refractivity contribution in [3.8, 4) is 0 Å². The third-order valence-electron chi connectivity index (χ3n) is 5.55. The van der Waals surface area contributed by atoms with Gasteiger partial charge in [-0.25, -0.2) is 4.98 Å². The highest BCUT2D eigenvalue weighted by Gasteiger charge is 2.12. The molecule has 2 aromatic heterocycles. The van der Waals surface area contributed by atoms with Gasteiger partial charge in [0.15, 0.2) is 0 Å². The molecule has 0 aliphatic carbocycles. The van der Waals surface area contributed by atoms with E-state index in [-0.39, 0.29) is 5.91 Å². The van der Waals surface area contributed by atoms with Gasteiger partial charge in [-0.2, -0.15) is 0 Å². The molecule has 154 valence electrons. The summed E-state index contributed by atoms with van der Waals surface area (Å²) in [6.07, 6.45) is 1.65. The molecule has 0 saturated heterocycles. The zero-order valence-electron chi connectivity index (χ0n) is 17.1. The van der Waals surface area contributed by atoms with Gasteiger partial charge in [0.1, 0.15) is 5.82 Å². The van der Waals surface area contributed by atoms with E-state index in [9.17, 15) is 4.79 Å². The van der Waals surface area contributed by atoms with Crippen molar-refractivity contribution in [3.63, 3.8) is 0 Å². The largest absolute Gasteiger partial charge is 0.351 e. The van der Waals surface area contributed by atoms with Crippen LogP contribution in [-0.4, -0.2) is 22.0 Å². The average molecular weight is 426 g/mol. The molecular formula is C26H23N3OS. The van der Waals surface area contributed by atoms with Gasteiger partial charge in [0.25, 0.3) is 5.91 Å². The molecule has 31 heavy (non-hydrogen) atoms. The number of imidazole rings is 1. The molecule has 0 bridgehead atoms. The molecule has 0 radical (unpaired) electrons. The summed E-state index contributed by atoms with van der Waals surface area (Å²) in [5, 5.41) is 7.47. The number of nitrogens with one attached hydrogen (secondary N) is 1. The fraction of sp³-hybridized carbons (Fsp3) is 0.154. The van der Waals surface area contributed by atoms with Crippen molar-refractivity contribution in [3.05, 3.63) is 101 Å². The van der Waals surface area contributed by atoms with Gasteiger partial charge in [0.2, 0.25) is 0 Å². The average Bonchev–Trinajstić information content (AvgIpc) is 3.46. The van der Waals surface area contributed by atoms with Crippen LogP contribution >= 0.6 is 11.3 Å². The molecule has 5 rings (SSSR count). The Morgan fingerprint density at radius 1 is 0.935 bits per heavy atom. The summed E-state index contributed by atoms with van der Waals surface area (Å²) < 4.78 is 2.32. The van der Waals surface area contributed by atoms with Crippen LogP contribution in [0.15, 0.2) is 84.2 Å². The van der Waals surface area contributed by atoms with Crippen LogP contribution in [0, 0.1) is 0 Å². The summed E-state index contributed by atoms with van der Waals surface area (Å²) >= 11 is 1.46. The Hall–Kier alpha value is -3.44. The molecule has 0 fully saturated rings. The van der Waals surface area contributed by atoms with E-state index in [1.54, 1.807) is 0 Å². The van der Waals surface area contributed by atoms with Crippen LogP contribution < -0.4 is 5.32 Å². The van der Waals surface area contributed by atoms with Gasteiger partial charge >= 0.3 is 0 Å². The molecule has 0 aliphatic heterocycles. The van der Waals surface area contributed by atoms with Crippen molar-refractivity contribution in [2.45, 2.75) is 19.4 Å². The van der Waals surface area contributed by atoms with Crippen molar-refractivity contribution in [1.29, 1.82) is 0 Å². The smallest absolute Gasteiger partial charge is 0.261 e. The molecule has 5 heteroatoms. The maximum atomic E-state index is 12.2. The minimum atomic E-state index is -0.000687. The predicted octanol–water partition coefficient (Wildman–Crippen LogP) is 5.66. The molecular weight excluding hydrogens is 402 g/mol. The maximum Gasteiger partial charge on any atom is 0.261 e. The lowest BCUT2D eigenvalue weighted by Gasteiger charge is -2.12. The Morgan fingerprint density at radius 2 is 1.77 bits per heavy atom. The standard InChI is InChI=1S/C26H23N3OS/c30-26(24-14-7-17-31-24)27-16-6-15-25-28-22-12-3-4-13-23(22)29(25)18-20-10-5-9-19-8-1-2-11-21(19)20/h1-5,7-14,17H,6,15-16,18H2,(H,27,30). The van der Waals surface area contributed by atoms with E-state index in [1.165, 1.54) is 27.7 Å². The zero-order valence-corrected chi connectivity index (χ0v) is 17.9. The second-order valence-corrected chi connectivity index (χ2v) is 8.53. The normalized spacial score (nSPS) is 11.2. The molecule has 0 aliphatic rings. The summed E-state index contributed by atoms with van der Waals surface area (Å²) in [6, 6.07) is 27.0. The number of aromatic nitrogens is 2. The van der Waals surface area contributed by atoms with Crippen LogP contribution in [0.4, 0.5) is 0 Å². The van der Waals surface area contributed by atoms with E-state index < -0.39 is 0 Å². The van der Waals surface area contributed by atoms with Crippen LogP contribution in [0.1, 0.15) is 27.5 Å². The number of amides is 1. The molecule has 0 unspecified atom stereocenters. The van der Waals surface area contributed by atoms with Crippen LogP contribution in [0.5, 0.6) is 0 Å². The van der Waals surface area contributed by atoms with Gasteiger partial charge in [-0.15, -0.1) is 11.3 Å². The Kier molecular flexibility index (Phi) is 5.50. The Balaban J connectivity index is 1.37. The number of benzene rings is 3. The van der Waals surface area contributed by atoms with Gasteiger partial charge in [-0.3, -0.25) is 4.79 Å². The minimum Gasteiger partial charge on any atom is -0.351 e. The highest BCUT2D eigenvalue weighted by atomic mass is 32.1. The summed E-state index contributed by atoms with van der Waals surface area (Å²) in [7, 11) is 0. The number of carbonyl (C=O) groups is 1. The molecule has 0 saturated carbocycles. The molecule has 5 aromatic rings. The minimum absolute atomic E-state index is 0.000687. The summed E-state index contributed by atoms with van der Waals surface area (Å²) in [6.45, 7) is 1.41. The first kappa shape index (κ1) is 19.5. The van der Waals surface area contributed by atoms with Crippen molar-refractivity contribution < 1.29 is 4.79 Å². The number of fused-ring (bicyclic) bond motifs is 2. The quantitative estimate of drug-likeness (QED) is 0.342. The number of rotatable bonds is 7. The highest BCUT2D eigenvalue weighted by molar-refractivity contribution is 7.12. The molecule has 0 atom stereocenters. The van der Waals surface area contributed by atoms with E-state index in [1.807, 2.05) is 23.6 Å². The van der Waals surface area contributed by atoms with Crippen molar-refractivity contribution in [1.82, 2.24) is 14.9 Å². The van der Waals surface area contributed by atoms with E-state index in [0.29, 0.717) is 6.54 Å². The fourth-order valence-electron chi connectivity index (χ4n) is 4.04. The fourth-order valence-corrected chi connectivity index (χ4v) is 4.68. The van der Waals surface area contributed by atoms with Gasteiger partial charge in [0.05, 0.1) is 15.9 Å². The van der Waals surface area contributed by atoms with Crippen molar-refractivity contribution >= 4 is 39.0 Å². The van der Waals surface area contributed by atoms with Crippen LogP contribution in [0.25, 0.3) is 21.8 Å². The van der Waals surface area contributed by atoms with E-state index in [4.69, 9.17) is 4.98 Å². The third kappa shape index (κ3) is 4.09. The van der Waals surface area contributed by atoms with Gasteiger partial charge in [-0.05, 0) is 46.3 Å². The third-order valence-corrected chi connectivity index (χ3v) is 6.42. The summed E-state index contributed by atoms with van der Waals surface area (Å²) in [5.74, 6) is 1.05. The number of hydrogen-bond acceptors (Lipinski definition) is 3. The Labute approximate surface area is 185 Å². The van der Waals surface area contributed by atoms with Gasteiger partial charge < -0.3 is 9.88 Å². The first-order valence-corrected chi connectivity index (χ1v) is 11.4. The van der Waals surface area contributed by atoms with Crippen LogP contribution in [0.2, 0.25) is 0 Å². The lowest BCUT2D eigenvalue weighted by Crippen LogP contribution is -2.24. The first-order chi connectivity index (χ1) is 15.3. The van der Waals surface area contributed by atoms with Crippen molar-refractivity contribution in [2.75, 3.05) is 6.54 Å². The SMILES string of the molecule is O=C(NCCCc1nc2ccccc2n1Cc1cccc2ccccc12)c1cccs1. The topological polar surface area (TPSA) is 46.9 Å². The van der Waals surface area contributed by atoms with Gasteiger partial charge in [-0.1, -0.05) is 60.7 Å². The Morgan fingerprint density at radius 3 is 2.68 bits per heavy atom. The number of nitrogens with zero attached hydrogens (tertiary/aromatic N) is 2. The number of thiophene rings is 1. The van der Waals surface area contributed by atoms with E-state index in [0.717, 1.165) is 41.1 Å². The van der Waals surface area contributed by atoms with Gasteiger partial charge in [0, 0.05) is 19.5 Å². The predicted molar refractivity (Wildman–Crippen MR) is 128 cm³/mol. The van der Waals surface area contributed by atoms with Crippen LogP contribution in [-0.2, 0) is 13.0 Å².